The molecule has 1 saturated carbocycles. The molecule has 29 heavy (non-hydrogen) atoms. The number of benzene rings is 1. The molecule has 2 aliphatic rings. The second-order valence-corrected chi connectivity index (χ2v) is 7.24. The molecule has 0 unspecified atom stereocenters. The third-order valence-corrected chi connectivity index (χ3v) is 5.24. The van der Waals surface area contributed by atoms with Crippen molar-refractivity contribution < 1.29 is 27.2 Å². The van der Waals surface area contributed by atoms with Gasteiger partial charge in [-0.15, -0.1) is 0 Å². The minimum absolute atomic E-state index is 0.0978. The molecule has 1 aliphatic heterocycles. The normalized spacial score (nSPS) is 19.8. The first-order valence-electron chi connectivity index (χ1n) is 9.46. The molecule has 1 aromatic carbocycles. The number of rotatable bonds is 3. The number of halogens is 3. The number of nitrogens with one attached hydrogen (secondary N) is 1. The lowest BCUT2D eigenvalue weighted by Crippen LogP contribution is -2.41. The lowest BCUT2D eigenvalue weighted by molar-refractivity contribution is -0.137. The maximum Gasteiger partial charge on any atom is 0.416 e. The highest BCUT2D eigenvalue weighted by Crippen LogP contribution is 2.33. The lowest BCUT2D eigenvalue weighted by Gasteiger charge is -2.28. The molecule has 1 N–H and O–H groups in total. The van der Waals surface area contributed by atoms with Gasteiger partial charge in [0, 0.05) is 17.7 Å². The minimum Gasteiger partial charge on any atom is -0.457 e. The highest BCUT2D eigenvalue weighted by molar-refractivity contribution is 6.14. The van der Waals surface area contributed by atoms with Crippen LogP contribution in [0.3, 0.4) is 0 Å². The Morgan fingerprint density at radius 1 is 1.07 bits per heavy atom. The molecule has 8 heteroatoms. The van der Waals surface area contributed by atoms with Gasteiger partial charge < -0.3 is 9.73 Å². The van der Waals surface area contributed by atoms with E-state index in [4.69, 9.17) is 4.42 Å². The van der Waals surface area contributed by atoms with Crippen molar-refractivity contribution >= 4 is 18.0 Å². The van der Waals surface area contributed by atoms with E-state index in [9.17, 15) is 22.8 Å². The van der Waals surface area contributed by atoms with Crippen LogP contribution in [0.4, 0.5) is 18.0 Å². The predicted octanol–water partition coefficient (Wildman–Crippen LogP) is 5.19. The summed E-state index contributed by atoms with van der Waals surface area (Å²) in [5.41, 5.74) is -0.395. The third-order valence-electron chi connectivity index (χ3n) is 5.24. The van der Waals surface area contributed by atoms with E-state index in [1.165, 1.54) is 29.2 Å². The monoisotopic (exact) mass is 404 g/mol. The van der Waals surface area contributed by atoms with Crippen LogP contribution >= 0.6 is 0 Å². The van der Waals surface area contributed by atoms with Gasteiger partial charge in [0.2, 0.25) is 0 Å². The average molecular weight is 404 g/mol. The Labute approximate surface area is 165 Å². The van der Waals surface area contributed by atoms with Crippen molar-refractivity contribution in [2.45, 2.75) is 44.3 Å². The van der Waals surface area contributed by atoms with Gasteiger partial charge in [0.05, 0.1) is 5.56 Å². The van der Waals surface area contributed by atoms with Crippen LogP contribution in [0.1, 0.15) is 43.4 Å². The van der Waals surface area contributed by atoms with Gasteiger partial charge in [0.1, 0.15) is 17.2 Å². The third kappa shape index (κ3) is 3.92. The van der Waals surface area contributed by atoms with Gasteiger partial charge in [-0.2, -0.15) is 13.2 Å². The zero-order chi connectivity index (χ0) is 20.6. The summed E-state index contributed by atoms with van der Waals surface area (Å²) in [6, 6.07) is 7.34. The summed E-state index contributed by atoms with van der Waals surface area (Å²) in [6.07, 6.45) is 1.63. The Kier molecular flexibility index (Phi) is 4.94. The van der Waals surface area contributed by atoms with Crippen LogP contribution in [0.5, 0.6) is 0 Å². The van der Waals surface area contributed by atoms with E-state index < -0.39 is 23.7 Å². The smallest absolute Gasteiger partial charge is 0.416 e. The summed E-state index contributed by atoms with van der Waals surface area (Å²) in [7, 11) is 0. The van der Waals surface area contributed by atoms with Crippen molar-refractivity contribution in [3.8, 4) is 11.3 Å². The predicted molar refractivity (Wildman–Crippen MR) is 99.4 cm³/mol. The fraction of sp³-hybridized carbons (Fsp3) is 0.333. The van der Waals surface area contributed by atoms with E-state index >= 15 is 0 Å². The summed E-state index contributed by atoms with van der Waals surface area (Å²) >= 11 is 0. The van der Waals surface area contributed by atoms with Crippen LogP contribution in [0, 0.1) is 0 Å². The highest BCUT2D eigenvalue weighted by atomic mass is 19.4. The van der Waals surface area contributed by atoms with Gasteiger partial charge in [-0.3, -0.25) is 9.69 Å². The molecule has 3 amide bonds. The first-order valence-corrected chi connectivity index (χ1v) is 9.46. The van der Waals surface area contributed by atoms with Crippen LogP contribution < -0.4 is 5.32 Å². The molecule has 152 valence electrons. The topological polar surface area (TPSA) is 62.6 Å². The summed E-state index contributed by atoms with van der Waals surface area (Å²) in [4.78, 5) is 26.2. The van der Waals surface area contributed by atoms with Crippen molar-refractivity contribution in [3.05, 3.63) is 53.4 Å². The van der Waals surface area contributed by atoms with Crippen molar-refractivity contribution in [2.75, 3.05) is 0 Å². The number of carbonyl (C=O) groups excluding carboxylic acids is 2. The minimum atomic E-state index is -4.45. The Hall–Kier alpha value is -3.03. The van der Waals surface area contributed by atoms with Crippen LogP contribution in [0.15, 0.2) is 46.5 Å². The number of hydrogen-bond donors (Lipinski definition) is 1. The summed E-state index contributed by atoms with van der Waals surface area (Å²) < 4.78 is 44.3. The number of alkyl halides is 3. The van der Waals surface area contributed by atoms with Crippen molar-refractivity contribution in [3.63, 3.8) is 0 Å². The summed E-state index contributed by atoms with van der Waals surface area (Å²) in [5.74, 6) is 0.106. The van der Waals surface area contributed by atoms with Crippen LogP contribution in [0.25, 0.3) is 17.4 Å². The van der Waals surface area contributed by atoms with E-state index in [1.54, 1.807) is 6.07 Å². The summed E-state index contributed by atoms with van der Waals surface area (Å²) in [5, 5.41) is 2.57. The molecule has 2 heterocycles. The van der Waals surface area contributed by atoms with Gasteiger partial charge in [0.25, 0.3) is 5.91 Å². The Morgan fingerprint density at radius 3 is 2.55 bits per heavy atom. The molecule has 4 rings (SSSR count). The van der Waals surface area contributed by atoms with Crippen LogP contribution in [0.2, 0.25) is 0 Å². The number of nitrogens with zero attached hydrogens (tertiary/aromatic N) is 1. The van der Waals surface area contributed by atoms with Crippen molar-refractivity contribution in [1.29, 1.82) is 0 Å². The van der Waals surface area contributed by atoms with E-state index in [0.717, 1.165) is 44.2 Å². The molecule has 0 radical (unpaired) electrons. The van der Waals surface area contributed by atoms with Crippen LogP contribution in [-0.2, 0) is 11.0 Å². The highest BCUT2D eigenvalue weighted by Gasteiger charge is 2.39. The number of carbonyl (C=O) groups is 2. The molecular formula is C21H19F3N2O3. The van der Waals surface area contributed by atoms with E-state index in [1.807, 2.05) is 0 Å². The molecule has 1 aliphatic carbocycles. The Morgan fingerprint density at radius 2 is 1.83 bits per heavy atom. The second kappa shape index (κ2) is 7.42. The number of hydrogen-bond acceptors (Lipinski definition) is 3. The first-order chi connectivity index (χ1) is 13.8. The molecule has 0 bridgehead atoms. The molecule has 2 aromatic rings. The first kappa shape index (κ1) is 19.3. The van der Waals surface area contributed by atoms with Gasteiger partial charge >= 0.3 is 12.2 Å². The number of urea groups is 1. The summed E-state index contributed by atoms with van der Waals surface area (Å²) in [6.45, 7) is 0. The van der Waals surface area contributed by atoms with Crippen molar-refractivity contribution in [2.24, 2.45) is 0 Å². The van der Waals surface area contributed by atoms with Gasteiger partial charge in [-0.1, -0.05) is 31.4 Å². The average Bonchev–Trinajstić information content (AvgIpc) is 3.27. The fourth-order valence-electron chi connectivity index (χ4n) is 3.80. The van der Waals surface area contributed by atoms with Crippen molar-refractivity contribution in [1.82, 2.24) is 10.2 Å². The van der Waals surface area contributed by atoms with Gasteiger partial charge in [0.15, 0.2) is 0 Å². The maximum absolute atomic E-state index is 12.9. The number of imide groups is 1. The van der Waals surface area contributed by atoms with Gasteiger partial charge in [-0.25, -0.2) is 4.79 Å². The molecule has 0 spiro atoms. The SMILES string of the molecule is O=C1N/C(=C\c2ccc(-c3cccc(C(F)(F)F)c3)o2)C(=O)N1C1CCCCC1. The number of amides is 3. The molecular weight excluding hydrogens is 385 g/mol. The molecule has 2 fully saturated rings. The Bertz CT molecular complexity index is 972. The largest absolute Gasteiger partial charge is 0.457 e. The second-order valence-electron chi connectivity index (χ2n) is 7.24. The number of furan rings is 1. The quantitative estimate of drug-likeness (QED) is 0.566. The molecule has 5 nitrogen and oxygen atoms in total. The van der Waals surface area contributed by atoms with Gasteiger partial charge in [-0.05, 0) is 37.1 Å². The molecule has 1 aromatic heterocycles. The van der Waals surface area contributed by atoms with E-state index in [-0.39, 0.29) is 28.8 Å². The Balaban J connectivity index is 1.55. The van der Waals surface area contributed by atoms with E-state index in [0.29, 0.717) is 0 Å². The van der Waals surface area contributed by atoms with Crippen LogP contribution in [-0.4, -0.2) is 22.9 Å². The zero-order valence-corrected chi connectivity index (χ0v) is 15.5. The molecule has 1 saturated heterocycles. The standard InChI is InChI=1S/C21H19F3N2O3/c22-21(23,24)14-6-4-5-13(11-14)18-10-9-16(29-18)12-17-19(27)26(20(28)25-17)15-7-2-1-3-8-15/h4-6,9-12,15H,1-3,7-8H2,(H,25,28)/b17-12-. The zero-order valence-electron chi connectivity index (χ0n) is 15.5. The van der Waals surface area contributed by atoms with E-state index in [2.05, 4.69) is 5.32 Å². The maximum atomic E-state index is 12.9. The fourth-order valence-corrected chi connectivity index (χ4v) is 3.80. The lowest BCUT2D eigenvalue weighted by atomic mass is 9.94. The molecule has 0 atom stereocenters.